The molecule has 1 aliphatic heterocycles. The fourth-order valence-electron chi connectivity index (χ4n) is 4.20. The van der Waals surface area contributed by atoms with Gasteiger partial charge in [-0.3, -0.25) is 14.5 Å². The maximum atomic E-state index is 15.1. The van der Waals surface area contributed by atoms with Gasteiger partial charge in [0.2, 0.25) is 0 Å². The number of ether oxygens (including phenoxy) is 2. The summed E-state index contributed by atoms with van der Waals surface area (Å²) >= 11 is 5.40. The number of hydrogen-bond donors (Lipinski definition) is 1. The maximum absolute atomic E-state index is 15.1. The minimum atomic E-state index is -5.11. The predicted octanol–water partition coefficient (Wildman–Crippen LogP) is 3.06. The summed E-state index contributed by atoms with van der Waals surface area (Å²) in [6.45, 7) is 2.05. The Morgan fingerprint density at radius 3 is 2.40 bits per heavy atom. The van der Waals surface area contributed by atoms with Gasteiger partial charge in [0.05, 0.1) is 18.9 Å². The highest BCUT2D eigenvalue weighted by atomic mass is 35.5. The van der Waals surface area contributed by atoms with E-state index in [4.69, 9.17) is 16.3 Å². The summed E-state index contributed by atoms with van der Waals surface area (Å²) in [4.78, 5) is 34.6. The van der Waals surface area contributed by atoms with Gasteiger partial charge in [-0.25, -0.2) is 18.7 Å². The summed E-state index contributed by atoms with van der Waals surface area (Å²) in [6.07, 6.45) is -1.63. The number of aromatic nitrogens is 2. The normalized spacial score (nSPS) is 23.6. The van der Waals surface area contributed by atoms with E-state index in [2.05, 4.69) is 20.0 Å². The van der Waals surface area contributed by atoms with Crippen molar-refractivity contribution in [3.63, 3.8) is 0 Å². The van der Waals surface area contributed by atoms with Gasteiger partial charge in [-0.1, -0.05) is 11.6 Å². The van der Waals surface area contributed by atoms with Crippen LogP contribution >= 0.6 is 11.6 Å². The molecule has 2 unspecified atom stereocenters. The third-order valence-corrected chi connectivity index (χ3v) is 6.25. The SMILES string of the molecule is C[C@@](C(=O)NC1C2COCC21)(c1cncnc1)N(C(=O)[C@H](F)Cl)c1ccc(OC(F)(F)F)cc1F. The summed E-state index contributed by atoms with van der Waals surface area (Å²) in [7, 11) is 0. The minimum absolute atomic E-state index is 0.0276. The minimum Gasteiger partial charge on any atom is -0.406 e. The number of halogens is 6. The van der Waals surface area contributed by atoms with Gasteiger partial charge in [0.15, 0.2) is 11.4 Å². The summed E-state index contributed by atoms with van der Waals surface area (Å²) < 4.78 is 75.9. The van der Waals surface area contributed by atoms with E-state index in [1.807, 2.05) is 0 Å². The van der Waals surface area contributed by atoms with Crippen molar-refractivity contribution in [2.75, 3.05) is 18.1 Å². The van der Waals surface area contributed by atoms with E-state index in [-0.39, 0.29) is 23.4 Å². The molecule has 0 spiro atoms. The molecule has 4 atom stereocenters. The van der Waals surface area contributed by atoms with Gasteiger partial charge in [-0.05, 0) is 19.1 Å². The number of rotatable bonds is 7. The quantitative estimate of drug-likeness (QED) is 0.445. The van der Waals surface area contributed by atoms with Gasteiger partial charge in [-0.15, -0.1) is 13.2 Å². The smallest absolute Gasteiger partial charge is 0.406 e. The number of amides is 2. The molecule has 2 aliphatic rings. The lowest BCUT2D eigenvalue weighted by Gasteiger charge is -2.40. The molecule has 2 fully saturated rings. The van der Waals surface area contributed by atoms with Crippen LogP contribution in [-0.2, 0) is 19.9 Å². The average molecular weight is 521 g/mol. The molecule has 1 aromatic heterocycles. The third kappa shape index (κ3) is 4.87. The highest BCUT2D eigenvalue weighted by Gasteiger charge is 2.57. The zero-order valence-electron chi connectivity index (χ0n) is 17.9. The Bertz CT molecular complexity index is 1110. The number of alkyl halides is 5. The zero-order chi connectivity index (χ0) is 25.5. The molecule has 2 amide bonds. The van der Waals surface area contributed by atoms with E-state index in [1.165, 1.54) is 19.3 Å². The Morgan fingerprint density at radius 1 is 1.23 bits per heavy atom. The van der Waals surface area contributed by atoms with Crippen LogP contribution in [0.1, 0.15) is 12.5 Å². The molecule has 0 radical (unpaired) electrons. The van der Waals surface area contributed by atoms with Gasteiger partial charge >= 0.3 is 6.36 Å². The molecule has 4 rings (SSSR count). The second kappa shape index (κ2) is 9.19. The first-order valence-electron chi connectivity index (χ1n) is 10.2. The largest absolute Gasteiger partial charge is 0.573 e. The number of carbonyl (C=O) groups is 2. The van der Waals surface area contributed by atoms with Crippen molar-refractivity contribution in [1.29, 1.82) is 0 Å². The Morgan fingerprint density at radius 2 is 1.86 bits per heavy atom. The van der Waals surface area contributed by atoms with Gasteiger partial charge in [-0.2, -0.15) is 0 Å². The summed E-state index contributed by atoms with van der Waals surface area (Å²) in [5.74, 6) is -4.57. The van der Waals surface area contributed by atoms with Crippen LogP contribution in [0, 0.1) is 17.7 Å². The maximum Gasteiger partial charge on any atom is 0.573 e. The third-order valence-electron chi connectivity index (χ3n) is 6.06. The van der Waals surface area contributed by atoms with Crippen LogP contribution in [0.2, 0.25) is 0 Å². The molecule has 2 heterocycles. The molecule has 0 bridgehead atoms. The van der Waals surface area contributed by atoms with Crippen LogP contribution in [0.4, 0.5) is 27.6 Å². The fourth-order valence-corrected chi connectivity index (χ4v) is 4.30. The predicted molar refractivity (Wildman–Crippen MR) is 110 cm³/mol. The lowest BCUT2D eigenvalue weighted by molar-refractivity contribution is -0.274. The van der Waals surface area contributed by atoms with E-state index < -0.39 is 46.6 Å². The van der Waals surface area contributed by atoms with Crippen LogP contribution in [0.25, 0.3) is 0 Å². The van der Waals surface area contributed by atoms with E-state index in [9.17, 15) is 27.2 Å². The van der Waals surface area contributed by atoms with Crippen molar-refractivity contribution in [2.45, 2.75) is 30.5 Å². The van der Waals surface area contributed by atoms with E-state index in [0.717, 1.165) is 18.5 Å². The van der Waals surface area contributed by atoms with Crippen molar-refractivity contribution in [3.05, 3.63) is 48.3 Å². The Hall–Kier alpha value is -3.06. The van der Waals surface area contributed by atoms with E-state index >= 15 is 4.39 Å². The van der Waals surface area contributed by atoms with E-state index in [0.29, 0.717) is 24.2 Å². The number of fused-ring (bicyclic) bond motifs is 1. The summed E-state index contributed by atoms with van der Waals surface area (Å²) in [5.41, 5.74) is -5.61. The van der Waals surface area contributed by atoms with Crippen LogP contribution in [0.3, 0.4) is 0 Å². The van der Waals surface area contributed by atoms with Gasteiger partial charge in [0, 0.05) is 41.9 Å². The lowest BCUT2D eigenvalue weighted by atomic mass is 9.89. The zero-order valence-corrected chi connectivity index (χ0v) is 18.7. The summed E-state index contributed by atoms with van der Waals surface area (Å²) in [6, 6.07) is 1.54. The molecule has 1 saturated carbocycles. The molecule has 14 heteroatoms. The topological polar surface area (TPSA) is 93.6 Å². The fraction of sp³-hybridized carbons (Fsp3) is 0.429. The van der Waals surface area contributed by atoms with Gasteiger partial charge in [0.1, 0.15) is 12.1 Å². The van der Waals surface area contributed by atoms with Gasteiger partial charge < -0.3 is 14.8 Å². The molecule has 1 aliphatic carbocycles. The Kier molecular flexibility index (Phi) is 6.58. The first-order chi connectivity index (χ1) is 16.4. The van der Waals surface area contributed by atoms with Gasteiger partial charge in [0.25, 0.3) is 17.4 Å². The molecule has 188 valence electrons. The average Bonchev–Trinajstić information content (AvgIpc) is 3.20. The molecule has 35 heavy (non-hydrogen) atoms. The van der Waals surface area contributed by atoms with Crippen molar-refractivity contribution in [2.24, 2.45) is 11.8 Å². The van der Waals surface area contributed by atoms with E-state index in [1.54, 1.807) is 0 Å². The number of carbonyl (C=O) groups excluding carboxylic acids is 2. The summed E-state index contributed by atoms with van der Waals surface area (Å²) in [5, 5.41) is 2.77. The second-order valence-electron chi connectivity index (χ2n) is 8.20. The van der Waals surface area contributed by atoms with Crippen LogP contribution in [0.15, 0.2) is 36.9 Å². The number of nitrogens with zero attached hydrogens (tertiary/aromatic N) is 3. The van der Waals surface area contributed by atoms with Crippen molar-refractivity contribution in [1.82, 2.24) is 15.3 Å². The highest BCUT2D eigenvalue weighted by molar-refractivity contribution is 6.32. The van der Waals surface area contributed by atoms with Crippen LogP contribution in [-0.4, -0.2) is 53.0 Å². The molecular weight excluding hydrogens is 503 g/mol. The van der Waals surface area contributed by atoms with Crippen LogP contribution in [0.5, 0.6) is 5.75 Å². The monoisotopic (exact) mass is 520 g/mol. The molecular formula is C21H18ClF5N4O4. The number of anilines is 1. The van der Waals surface area contributed by atoms with Crippen LogP contribution < -0.4 is 15.0 Å². The van der Waals surface area contributed by atoms with Crippen molar-refractivity contribution < 1.29 is 41.0 Å². The number of benzene rings is 1. The second-order valence-corrected chi connectivity index (χ2v) is 8.58. The first kappa shape index (κ1) is 25.0. The molecule has 1 saturated heterocycles. The highest BCUT2D eigenvalue weighted by Crippen LogP contribution is 2.45. The molecule has 8 nitrogen and oxygen atoms in total. The number of nitrogens with one attached hydrogen (secondary N) is 1. The van der Waals surface area contributed by atoms with Crippen molar-refractivity contribution in [3.8, 4) is 5.75 Å². The first-order valence-corrected chi connectivity index (χ1v) is 10.7. The van der Waals surface area contributed by atoms with Crippen molar-refractivity contribution >= 4 is 29.1 Å². The molecule has 1 aromatic carbocycles. The lowest BCUT2D eigenvalue weighted by Crippen LogP contribution is -2.59. The number of hydrogen-bond acceptors (Lipinski definition) is 6. The standard InChI is InChI=1S/C21H18ClF5N4O4/c1-20(10-5-28-9-29-6-10,19(33)30-16-12-7-34-8-13(12)16)31(18(32)17(22)24)15-3-2-11(4-14(15)23)35-21(25,26)27/h2-6,9,12-13,16-17H,7-8H2,1H3,(H,30,33)/t12?,13?,16?,17-,20-/m0/s1. The Labute approximate surface area is 200 Å². The Balaban J connectivity index is 1.79. The molecule has 2 aromatic rings. The molecule has 1 N–H and O–H groups in total.